The van der Waals surface area contributed by atoms with Crippen LogP contribution in [0.1, 0.15) is 66.1 Å². The maximum absolute atomic E-state index is 13.0. The van der Waals surface area contributed by atoms with Crippen molar-refractivity contribution in [1.29, 1.82) is 0 Å². The Hall–Kier alpha value is -2.57. The smallest absolute Gasteiger partial charge is 0.407 e. The van der Waals surface area contributed by atoms with Gasteiger partial charge in [-0.05, 0) is 47.7 Å². The van der Waals surface area contributed by atoms with Gasteiger partial charge in [-0.3, -0.25) is 4.79 Å². The largest absolute Gasteiger partial charge is 0.465 e. The van der Waals surface area contributed by atoms with Gasteiger partial charge in [0.25, 0.3) is 5.91 Å². The van der Waals surface area contributed by atoms with E-state index < -0.39 is 12.2 Å². The molecule has 0 spiro atoms. The van der Waals surface area contributed by atoms with E-state index in [0.29, 0.717) is 27.6 Å². The molecule has 0 aromatic heterocycles. The number of rotatable bonds is 8. The van der Waals surface area contributed by atoms with Gasteiger partial charge in [0, 0.05) is 30.2 Å². The highest BCUT2D eigenvalue weighted by Gasteiger charge is 2.24. The van der Waals surface area contributed by atoms with Crippen LogP contribution in [0.15, 0.2) is 48.5 Å². The minimum atomic E-state index is -1.01. The van der Waals surface area contributed by atoms with Crippen LogP contribution in [0.2, 0.25) is 5.02 Å². The number of benzene rings is 2. The van der Waals surface area contributed by atoms with Crippen molar-refractivity contribution in [3.8, 4) is 0 Å². The molecule has 1 unspecified atom stereocenters. The Labute approximate surface area is 194 Å². The summed E-state index contributed by atoms with van der Waals surface area (Å²) in [4.78, 5) is 25.6. The zero-order chi connectivity index (χ0) is 23.1. The van der Waals surface area contributed by atoms with Crippen LogP contribution >= 0.6 is 11.6 Å². The van der Waals surface area contributed by atoms with Crippen molar-refractivity contribution < 1.29 is 19.8 Å². The number of nitrogens with zero attached hydrogens (tertiary/aromatic N) is 1. The van der Waals surface area contributed by atoms with Crippen LogP contribution in [0.5, 0.6) is 0 Å². The van der Waals surface area contributed by atoms with Crippen LogP contribution in [0.3, 0.4) is 0 Å². The first-order chi connectivity index (χ1) is 15.3. The quantitative estimate of drug-likeness (QED) is 0.513. The lowest BCUT2D eigenvalue weighted by molar-refractivity contribution is 0.0910. The molecule has 2 aromatic carbocycles. The van der Waals surface area contributed by atoms with Crippen LogP contribution < -0.4 is 5.32 Å². The molecule has 0 radical (unpaired) electrons. The van der Waals surface area contributed by atoms with E-state index in [1.54, 1.807) is 48.5 Å². The van der Waals surface area contributed by atoms with E-state index in [2.05, 4.69) is 5.32 Å². The summed E-state index contributed by atoms with van der Waals surface area (Å²) < 4.78 is 0. The second-order valence-corrected chi connectivity index (χ2v) is 9.09. The number of hydrogen-bond acceptors (Lipinski definition) is 3. The Morgan fingerprint density at radius 2 is 1.75 bits per heavy atom. The fraction of sp³-hybridized carbons (Fsp3) is 0.440. The van der Waals surface area contributed by atoms with Crippen LogP contribution in [-0.4, -0.2) is 46.7 Å². The molecule has 1 aliphatic rings. The van der Waals surface area contributed by atoms with Crippen LogP contribution in [-0.2, 0) is 0 Å². The first-order valence-electron chi connectivity index (χ1n) is 11.1. The maximum atomic E-state index is 13.0. The van der Waals surface area contributed by atoms with E-state index in [1.807, 2.05) is 0 Å². The minimum absolute atomic E-state index is 0.238. The molecule has 1 aliphatic carbocycles. The second-order valence-electron chi connectivity index (χ2n) is 8.66. The first kappa shape index (κ1) is 24.1. The van der Waals surface area contributed by atoms with Gasteiger partial charge in [0.15, 0.2) is 0 Å². The van der Waals surface area contributed by atoms with Crippen LogP contribution in [0.25, 0.3) is 0 Å². The van der Waals surface area contributed by atoms with E-state index in [1.165, 1.54) is 31.2 Å². The second kappa shape index (κ2) is 11.3. The Morgan fingerprint density at radius 3 is 2.41 bits per heavy atom. The number of aliphatic hydroxyl groups excluding tert-OH is 1. The van der Waals surface area contributed by atoms with E-state index in [4.69, 9.17) is 11.6 Å². The van der Waals surface area contributed by atoms with Gasteiger partial charge in [0.2, 0.25) is 0 Å². The number of hydrogen-bond donors (Lipinski definition) is 3. The highest BCUT2D eigenvalue weighted by atomic mass is 35.5. The highest BCUT2D eigenvalue weighted by Crippen LogP contribution is 2.28. The third-order valence-electron chi connectivity index (χ3n) is 6.13. The van der Waals surface area contributed by atoms with Gasteiger partial charge in [-0.2, -0.15) is 0 Å². The zero-order valence-corrected chi connectivity index (χ0v) is 19.1. The molecule has 3 rings (SSSR count). The van der Waals surface area contributed by atoms with Crippen molar-refractivity contribution in [1.82, 2.24) is 10.2 Å². The average Bonchev–Trinajstić information content (AvgIpc) is 2.79. The monoisotopic (exact) mass is 458 g/mol. The zero-order valence-electron chi connectivity index (χ0n) is 18.3. The van der Waals surface area contributed by atoms with Crippen molar-refractivity contribution >= 4 is 23.6 Å². The summed E-state index contributed by atoms with van der Waals surface area (Å²) in [6, 6.07) is 13.6. The van der Waals surface area contributed by atoms with Gasteiger partial charge in [-0.1, -0.05) is 68.0 Å². The minimum Gasteiger partial charge on any atom is -0.465 e. The number of carboxylic acid groups (broad SMARTS) is 1. The Morgan fingerprint density at radius 1 is 1.09 bits per heavy atom. The molecule has 2 atom stereocenters. The maximum Gasteiger partial charge on any atom is 0.407 e. The fourth-order valence-corrected chi connectivity index (χ4v) is 4.60. The van der Waals surface area contributed by atoms with Crippen molar-refractivity contribution in [3.63, 3.8) is 0 Å². The summed E-state index contributed by atoms with van der Waals surface area (Å²) in [7, 11) is 1.52. The Balaban J connectivity index is 1.73. The molecule has 0 aliphatic heterocycles. The molecule has 0 saturated heterocycles. The molecule has 6 nitrogen and oxygen atoms in total. The molecule has 7 heteroatoms. The molecule has 1 saturated carbocycles. The number of aliphatic hydroxyl groups is 1. The van der Waals surface area contributed by atoms with E-state index in [-0.39, 0.29) is 18.5 Å². The lowest BCUT2D eigenvalue weighted by Crippen LogP contribution is -2.45. The molecule has 0 heterocycles. The number of carbonyl (C=O) groups is 2. The Bertz CT molecular complexity index is 930. The highest BCUT2D eigenvalue weighted by molar-refractivity contribution is 6.30. The molecule has 2 amide bonds. The average molecular weight is 459 g/mol. The number of carbonyl (C=O) groups excluding carboxylic acids is 1. The summed E-state index contributed by atoms with van der Waals surface area (Å²) in [5, 5.41) is 23.6. The molecule has 2 aromatic rings. The van der Waals surface area contributed by atoms with Gasteiger partial charge in [-0.15, -0.1) is 0 Å². The lowest BCUT2D eigenvalue weighted by atomic mass is 9.84. The normalized spacial score (nSPS) is 16.2. The molecule has 1 fully saturated rings. The summed E-state index contributed by atoms with van der Waals surface area (Å²) >= 11 is 6.04. The SMILES string of the molecule is CN(C[C@@H](CC1CCCCC1)NC(=O)c1cccc(C(O)c2cccc(Cl)c2)c1)C(=O)O. The van der Waals surface area contributed by atoms with Crippen LogP contribution in [0.4, 0.5) is 4.79 Å². The van der Waals surface area contributed by atoms with Gasteiger partial charge in [-0.25, -0.2) is 4.79 Å². The summed E-state index contributed by atoms with van der Waals surface area (Å²) in [5.74, 6) is 0.219. The fourth-order valence-electron chi connectivity index (χ4n) is 4.40. The van der Waals surface area contributed by atoms with Gasteiger partial charge in [0.1, 0.15) is 6.10 Å². The topological polar surface area (TPSA) is 89.9 Å². The van der Waals surface area contributed by atoms with Crippen molar-refractivity contribution in [2.75, 3.05) is 13.6 Å². The van der Waals surface area contributed by atoms with E-state index in [0.717, 1.165) is 19.3 Å². The Kier molecular flexibility index (Phi) is 8.53. The van der Waals surface area contributed by atoms with Crippen molar-refractivity contribution in [2.24, 2.45) is 5.92 Å². The number of likely N-dealkylation sites (N-methyl/N-ethyl adjacent to an activating group) is 1. The third-order valence-corrected chi connectivity index (χ3v) is 6.36. The molecule has 0 bridgehead atoms. The summed E-state index contributed by atoms with van der Waals surface area (Å²) in [6.45, 7) is 0.238. The predicted octanol–water partition coefficient (Wildman–Crippen LogP) is 5.10. The number of nitrogens with one attached hydrogen (secondary N) is 1. The standard InChI is InChI=1S/C25H31ClN2O4/c1-28(25(31)32)16-22(13-17-7-3-2-4-8-17)27-24(30)20-11-5-9-18(14-20)23(29)19-10-6-12-21(26)15-19/h5-6,9-12,14-15,17,22-23,29H,2-4,7-8,13,16H2,1H3,(H,27,30)(H,31,32)/t22-,23?/m1/s1. The van der Waals surface area contributed by atoms with Gasteiger partial charge < -0.3 is 20.4 Å². The molecule has 3 N–H and O–H groups in total. The van der Waals surface area contributed by atoms with Crippen LogP contribution in [0, 0.1) is 5.92 Å². The van der Waals surface area contributed by atoms with E-state index in [9.17, 15) is 19.8 Å². The summed E-state index contributed by atoms with van der Waals surface area (Å²) in [5.41, 5.74) is 1.66. The number of halogens is 1. The lowest BCUT2D eigenvalue weighted by Gasteiger charge is -2.29. The van der Waals surface area contributed by atoms with Gasteiger partial charge in [0.05, 0.1) is 0 Å². The molecule has 32 heavy (non-hydrogen) atoms. The van der Waals surface area contributed by atoms with Crippen molar-refractivity contribution in [3.05, 3.63) is 70.2 Å². The number of amides is 2. The van der Waals surface area contributed by atoms with E-state index >= 15 is 0 Å². The first-order valence-corrected chi connectivity index (χ1v) is 11.5. The third kappa shape index (κ3) is 6.71. The van der Waals surface area contributed by atoms with Gasteiger partial charge >= 0.3 is 6.09 Å². The van der Waals surface area contributed by atoms with Crippen molar-refractivity contribution in [2.45, 2.75) is 50.7 Å². The molecular formula is C25H31ClN2O4. The molecular weight excluding hydrogens is 428 g/mol. The predicted molar refractivity (Wildman–Crippen MR) is 125 cm³/mol. The molecule has 172 valence electrons. The summed E-state index contributed by atoms with van der Waals surface area (Å²) in [6.07, 6.45) is 4.68.